The summed E-state index contributed by atoms with van der Waals surface area (Å²) in [6, 6.07) is 0. The Morgan fingerprint density at radius 1 is 1.18 bits per heavy atom. The molecule has 0 saturated heterocycles. The van der Waals surface area contributed by atoms with Crippen molar-refractivity contribution in [3.63, 3.8) is 0 Å². The Morgan fingerprint density at radius 3 is 2.18 bits per heavy atom. The summed E-state index contributed by atoms with van der Waals surface area (Å²) in [5.74, 6) is 0.618. The first-order chi connectivity index (χ1) is 5.08. The lowest BCUT2D eigenvalue weighted by Gasteiger charge is -2.19. The molecular weight excluding hydrogens is 140 g/mol. The van der Waals surface area contributed by atoms with Gasteiger partial charge >= 0.3 is 0 Å². The molecule has 0 aromatic carbocycles. The molecule has 4 heteroatoms. The number of rotatable bonds is 1. The van der Waals surface area contributed by atoms with E-state index in [4.69, 9.17) is 0 Å². The molecule has 0 fully saturated rings. The van der Waals surface area contributed by atoms with Crippen LogP contribution in [0.3, 0.4) is 0 Å². The maximum Gasteiger partial charge on any atom is 0.226 e. The molecule has 60 valence electrons. The van der Waals surface area contributed by atoms with Crippen LogP contribution in [-0.4, -0.2) is 20.5 Å². The predicted octanol–water partition coefficient (Wildman–Crippen LogP) is 1.08. The molecular formula is C7H12N4. The van der Waals surface area contributed by atoms with Crippen LogP contribution in [-0.2, 0) is 0 Å². The molecule has 1 aromatic heterocycles. The number of nitrogens with one attached hydrogen (secondary N) is 1. The van der Waals surface area contributed by atoms with Gasteiger partial charge in [-0.1, -0.05) is 0 Å². The lowest BCUT2D eigenvalue weighted by Crippen LogP contribution is -2.27. The summed E-state index contributed by atoms with van der Waals surface area (Å²) in [5, 5.41) is 3.12. The standard InChI is InChI=1S/C7H12N4/c1-7(2,3)11-6-9-4-8-5-10-6/h4-5H,1-3H3,(H,8,9,10,11). The number of anilines is 1. The number of hydrogen-bond donors (Lipinski definition) is 1. The summed E-state index contributed by atoms with van der Waals surface area (Å²) in [6.45, 7) is 6.16. The van der Waals surface area contributed by atoms with E-state index in [1.807, 2.05) is 0 Å². The van der Waals surface area contributed by atoms with Crippen molar-refractivity contribution in [2.24, 2.45) is 0 Å². The van der Waals surface area contributed by atoms with Crippen LogP contribution in [0.15, 0.2) is 12.7 Å². The van der Waals surface area contributed by atoms with Crippen molar-refractivity contribution < 1.29 is 0 Å². The third-order valence-corrected chi connectivity index (χ3v) is 0.980. The first kappa shape index (κ1) is 7.91. The monoisotopic (exact) mass is 152 g/mol. The van der Waals surface area contributed by atoms with Crippen molar-refractivity contribution in [3.05, 3.63) is 12.7 Å². The SMILES string of the molecule is CC(C)(C)Nc1ncncn1. The summed E-state index contributed by atoms with van der Waals surface area (Å²) >= 11 is 0. The Labute approximate surface area is 66.1 Å². The van der Waals surface area contributed by atoms with E-state index in [0.29, 0.717) is 5.95 Å². The summed E-state index contributed by atoms with van der Waals surface area (Å²) in [5.41, 5.74) is 0.00134. The zero-order valence-electron chi connectivity index (χ0n) is 7.00. The van der Waals surface area contributed by atoms with E-state index in [0.717, 1.165) is 0 Å². The summed E-state index contributed by atoms with van der Waals surface area (Å²) in [7, 11) is 0. The smallest absolute Gasteiger partial charge is 0.226 e. The minimum atomic E-state index is 0.00134. The highest BCUT2D eigenvalue weighted by Crippen LogP contribution is 2.06. The molecule has 0 aliphatic rings. The second-order valence-electron chi connectivity index (χ2n) is 3.34. The molecule has 4 nitrogen and oxygen atoms in total. The second kappa shape index (κ2) is 2.82. The minimum Gasteiger partial charge on any atom is -0.350 e. The van der Waals surface area contributed by atoms with Crippen molar-refractivity contribution in [1.29, 1.82) is 0 Å². The van der Waals surface area contributed by atoms with Gasteiger partial charge in [-0.25, -0.2) is 15.0 Å². The number of aromatic nitrogens is 3. The molecule has 1 rings (SSSR count). The predicted molar refractivity (Wildman–Crippen MR) is 43.2 cm³/mol. The third-order valence-electron chi connectivity index (χ3n) is 0.980. The number of nitrogens with zero attached hydrogens (tertiary/aromatic N) is 3. The zero-order valence-corrected chi connectivity index (χ0v) is 7.00. The largest absolute Gasteiger partial charge is 0.350 e. The van der Waals surface area contributed by atoms with E-state index in [9.17, 15) is 0 Å². The van der Waals surface area contributed by atoms with Crippen LogP contribution < -0.4 is 5.32 Å². The fourth-order valence-electron chi connectivity index (χ4n) is 0.639. The topological polar surface area (TPSA) is 50.7 Å². The molecule has 0 saturated carbocycles. The van der Waals surface area contributed by atoms with Gasteiger partial charge in [0.15, 0.2) is 0 Å². The Kier molecular flexibility index (Phi) is 2.03. The highest BCUT2D eigenvalue weighted by atomic mass is 15.2. The highest BCUT2D eigenvalue weighted by Gasteiger charge is 2.09. The summed E-state index contributed by atoms with van der Waals surface area (Å²) in [4.78, 5) is 11.6. The molecule has 11 heavy (non-hydrogen) atoms. The molecule has 0 aliphatic carbocycles. The molecule has 1 N–H and O–H groups in total. The Morgan fingerprint density at radius 2 is 1.73 bits per heavy atom. The first-order valence-electron chi connectivity index (χ1n) is 3.48. The van der Waals surface area contributed by atoms with Gasteiger partial charge in [0.1, 0.15) is 12.7 Å². The van der Waals surface area contributed by atoms with Gasteiger partial charge in [0, 0.05) is 5.54 Å². The lowest BCUT2D eigenvalue weighted by atomic mass is 10.1. The van der Waals surface area contributed by atoms with Gasteiger partial charge in [-0.05, 0) is 20.8 Å². The van der Waals surface area contributed by atoms with Gasteiger partial charge in [-0.15, -0.1) is 0 Å². The van der Waals surface area contributed by atoms with Gasteiger partial charge in [-0.3, -0.25) is 0 Å². The van der Waals surface area contributed by atoms with E-state index >= 15 is 0 Å². The average molecular weight is 152 g/mol. The molecule has 0 atom stereocenters. The Balaban J connectivity index is 2.66. The Hall–Kier alpha value is -1.19. The van der Waals surface area contributed by atoms with Gasteiger partial charge in [0.2, 0.25) is 5.95 Å². The zero-order chi connectivity index (χ0) is 8.32. The molecule has 0 radical (unpaired) electrons. The van der Waals surface area contributed by atoms with Crippen LogP contribution in [0.25, 0.3) is 0 Å². The van der Waals surface area contributed by atoms with E-state index in [2.05, 4.69) is 41.0 Å². The van der Waals surface area contributed by atoms with Crippen LogP contribution in [0.5, 0.6) is 0 Å². The van der Waals surface area contributed by atoms with Crippen molar-refractivity contribution in [2.45, 2.75) is 26.3 Å². The molecule has 0 bridgehead atoms. The fourth-order valence-corrected chi connectivity index (χ4v) is 0.639. The van der Waals surface area contributed by atoms with Crippen LogP contribution in [0.1, 0.15) is 20.8 Å². The second-order valence-corrected chi connectivity index (χ2v) is 3.34. The van der Waals surface area contributed by atoms with E-state index in [1.54, 1.807) is 0 Å². The van der Waals surface area contributed by atoms with Crippen LogP contribution in [0.2, 0.25) is 0 Å². The molecule has 0 amide bonds. The Bertz CT molecular complexity index is 214. The van der Waals surface area contributed by atoms with Gasteiger partial charge in [0.25, 0.3) is 0 Å². The fraction of sp³-hybridized carbons (Fsp3) is 0.571. The van der Waals surface area contributed by atoms with Crippen LogP contribution in [0, 0.1) is 0 Å². The van der Waals surface area contributed by atoms with Gasteiger partial charge in [0.05, 0.1) is 0 Å². The van der Waals surface area contributed by atoms with Crippen molar-refractivity contribution in [1.82, 2.24) is 15.0 Å². The first-order valence-corrected chi connectivity index (χ1v) is 3.48. The minimum absolute atomic E-state index is 0.00134. The normalized spacial score (nSPS) is 11.2. The van der Waals surface area contributed by atoms with Crippen molar-refractivity contribution in [3.8, 4) is 0 Å². The molecule has 1 aromatic rings. The van der Waals surface area contributed by atoms with Gasteiger partial charge < -0.3 is 5.32 Å². The lowest BCUT2D eigenvalue weighted by molar-refractivity contribution is 0.625. The number of hydrogen-bond acceptors (Lipinski definition) is 4. The quantitative estimate of drug-likeness (QED) is 0.654. The maximum absolute atomic E-state index is 3.93. The van der Waals surface area contributed by atoms with Crippen molar-refractivity contribution in [2.75, 3.05) is 5.32 Å². The van der Waals surface area contributed by atoms with E-state index in [1.165, 1.54) is 12.7 Å². The van der Waals surface area contributed by atoms with Gasteiger partial charge in [-0.2, -0.15) is 0 Å². The summed E-state index contributed by atoms with van der Waals surface area (Å²) in [6.07, 6.45) is 2.95. The molecule has 0 spiro atoms. The molecule has 0 unspecified atom stereocenters. The summed E-state index contributed by atoms with van der Waals surface area (Å²) < 4.78 is 0. The van der Waals surface area contributed by atoms with Crippen LogP contribution in [0.4, 0.5) is 5.95 Å². The third kappa shape index (κ3) is 2.93. The van der Waals surface area contributed by atoms with E-state index < -0.39 is 0 Å². The molecule has 0 aliphatic heterocycles. The van der Waals surface area contributed by atoms with E-state index in [-0.39, 0.29) is 5.54 Å². The maximum atomic E-state index is 3.93. The average Bonchev–Trinajstić information content (AvgIpc) is 1.85. The van der Waals surface area contributed by atoms with Crippen molar-refractivity contribution >= 4 is 5.95 Å². The van der Waals surface area contributed by atoms with Crippen LogP contribution >= 0.6 is 0 Å². The molecule has 1 heterocycles. The highest BCUT2D eigenvalue weighted by molar-refractivity contribution is 5.24.